The summed E-state index contributed by atoms with van der Waals surface area (Å²) in [7, 11) is 1.17. The quantitative estimate of drug-likeness (QED) is 0.0511. The van der Waals surface area contributed by atoms with Crippen LogP contribution in [0.15, 0.2) is 0 Å². The van der Waals surface area contributed by atoms with Crippen molar-refractivity contribution >= 4 is 0 Å². The molecule has 0 aliphatic rings. The molecule has 38 heavy (non-hydrogen) atoms. The topological polar surface area (TPSA) is 298 Å². The average molecular weight is 571 g/mol. The van der Waals surface area contributed by atoms with Gasteiger partial charge in [-0.1, -0.05) is 0 Å². The lowest BCUT2D eigenvalue weighted by Crippen LogP contribution is -2.35. The Hall–Kier alpha value is -0.720. The van der Waals surface area contributed by atoms with Crippen LogP contribution in [0, 0.1) is 0 Å². The fourth-order valence-electron chi connectivity index (χ4n) is 2.71. The van der Waals surface area contributed by atoms with E-state index in [1.54, 1.807) is 0 Å². The van der Waals surface area contributed by atoms with E-state index < -0.39 is 107 Å². The highest BCUT2D eigenvalue weighted by molar-refractivity contribution is 4.57. The van der Waals surface area contributed by atoms with Crippen molar-refractivity contribution in [2.45, 2.75) is 121 Å². The largest absolute Gasteiger partial charge is 0.393 e. The molecule has 0 aromatic heterocycles. The number of methoxy groups -OCH3 is 1. The van der Waals surface area contributed by atoms with Gasteiger partial charge in [0.1, 0.15) is 0 Å². The van der Waals surface area contributed by atoms with Gasteiger partial charge < -0.3 is 89.7 Å². The Morgan fingerprint density at radius 2 is 0.526 bits per heavy atom. The smallest absolute Gasteiger partial charge is 0.162 e. The van der Waals surface area contributed by atoms with E-state index in [2.05, 4.69) is 9.47 Å². The molecule has 0 saturated heterocycles. The third kappa shape index (κ3) is 20.2. The van der Waals surface area contributed by atoms with E-state index in [0.29, 0.717) is 0 Å². The summed E-state index contributed by atoms with van der Waals surface area (Å²) in [4.78, 5) is 0. The molecule has 0 rings (SSSR count). The lowest BCUT2D eigenvalue weighted by Gasteiger charge is -2.25. The van der Waals surface area contributed by atoms with Gasteiger partial charge in [0, 0.05) is 45.6 Å². The molecule has 0 heterocycles. The lowest BCUT2D eigenvalue weighted by molar-refractivity contribution is -0.292. The minimum atomic E-state index is -1.88. The maximum Gasteiger partial charge on any atom is 0.162 e. The molecule has 0 bridgehead atoms. The Bertz CT molecular complexity index is 572. The number of rotatable bonds is 23. The summed E-state index contributed by atoms with van der Waals surface area (Å²) < 4.78 is 27.9. The number of aliphatic hydroxyl groups is 12. The monoisotopic (exact) mass is 570 g/mol. The molecular weight excluding hydrogens is 528 g/mol. The molecule has 18 heteroatoms. The summed E-state index contributed by atoms with van der Waals surface area (Å²) >= 11 is 0. The Labute approximate surface area is 218 Å². The van der Waals surface area contributed by atoms with Crippen molar-refractivity contribution in [1.82, 2.24) is 0 Å². The van der Waals surface area contributed by atoms with Gasteiger partial charge in [-0.2, -0.15) is 0 Å². The van der Waals surface area contributed by atoms with E-state index in [9.17, 15) is 56.2 Å². The first-order valence-corrected chi connectivity index (χ1v) is 11.6. The van der Waals surface area contributed by atoms with Gasteiger partial charge in [0.05, 0.1) is 6.10 Å². The van der Waals surface area contributed by atoms with Crippen molar-refractivity contribution in [1.29, 1.82) is 0 Å². The molecule has 18 nitrogen and oxygen atoms in total. The van der Waals surface area contributed by atoms with Gasteiger partial charge in [0.15, 0.2) is 69.2 Å². The number of aliphatic hydroxyl groups excluding tert-OH is 12. The van der Waals surface area contributed by atoms with E-state index in [-0.39, 0.29) is 6.42 Å². The zero-order valence-corrected chi connectivity index (χ0v) is 21.0. The van der Waals surface area contributed by atoms with Crippen LogP contribution in [0.1, 0.15) is 45.4 Å². The molecule has 12 atom stereocenters. The minimum absolute atomic E-state index is 0.206. The van der Waals surface area contributed by atoms with Gasteiger partial charge in [-0.15, -0.1) is 0 Å². The van der Waals surface area contributed by atoms with Crippen LogP contribution in [0.25, 0.3) is 0 Å². The maximum atomic E-state index is 9.76. The molecule has 12 N–H and O–H groups in total. The van der Waals surface area contributed by atoms with Crippen LogP contribution >= 0.6 is 0 Å². The molecular formula is C20H42O18. The van der Waals surface area contributed by atoms with E-state index in [1.165, 1.54) is 14.0 Å². The van der Waals surface area contributed by atoms with Gasteiger partial charge in [-0.05, 0) is 6.92 Å². The highest BCUT2D eigenvalue weighted by Crippen LogP contribution is 2.14. The van der Waals surface area contributed by atoms with Crippen molar-refractivity contribution in [3.63, 3.8) is 0 Å². The zero-order chi connectivity index (χ0) is 29.4. The molecule has 0 aromatic rings. The Kier molecular flexibility index (Phi) is 19.8. The maximum absolute atomic E-state index is 9.76. The normalized spacial score (nSPS) is 21.9. The van der Waals surface area contributed by atoms with Crippen LogP contribution in [-0.2, 0) is 28.4 Å². The zero-order valence-electron chi connectivity index (χ0n) is 21.0. The highest BCUT2D eigenvalue weighted by Gasteiger charge is 2.25. The van der Waals surface area contributed by atoms with Crippen LogP contribution in [0.3, 0.4) is 0 Å². The van der Waals surface area contributed by atoms with Crippen LogP contribution in [-0.4, -0.2) is 144 Å². The fraction of sp³-hybridized carbons (Fsp3) is 1.00. The molecule has 0 amide bonds. The second-order valence-corrected chi connectivity index (χ2v) is 8.18. The summed E-state index contributed by atoms with van der Waals surface area (Å²) in [5, 5.41) is 115. The molecule has 0 aromatic carbocycles. The second-order valence-electron chi connectivity index (χ2n) is 8.18. The molecule has 230 valence electrons. The van der Waals surface area contributed by atoms with Gasteiger partial charge in [0.2, 0.25) is 0 Å². The summed E-state index contributed by atoms with van der Waals surface area (Å²) in [5.74, 6) is 0. The van der Waals surface area contributed by atoms with E-state index >= 15 is 0 Å². The van der Waals surface area contributed by atoms with Crippen molar-refractivity contribution in [3.05, 3.63) is 0 Å². The molecule has 12 unspecified atom stereocenters. The third-order valence-electron chi connectivity index (χ3n) is 4.40. The SMILES string of the molecule is COC(O)CC(O)OC(O)CC(O)OC(O)CC(O)OC(O)CC(O)OC(O)CC(O)OC(O)CC(C)O. The predicted octanol–water partition coefficient (Wildman–Crippen LogP) is -5.06. The van der Waals surface area contributed by atoms with Crippen LogP contribution in [0.2, 0.25) is 0 Å². The highest BCUT2D eigenvalue weighted by atomic mass is 16.7. The van der Waals surface area contributed by atoms with Crippen molar-refractivity contribution in [3.8, 4) is 0 Å². The van der Waals surface area contributed by atoms with E-state index in [4.69, 9.17) is 24.1 Å². The lowest BCUT2D eigenvalue weighted by atomic mass is 10.3. The Balaban J connectivity index is 4.26. The molecule has 0 saturated carbocycles. The third-order valence-corrected chi connectivity index (χ3v) is 4.40. The van der Waals surface area contributed by atoms with Gasteiger partial charge in [0.25, 0.3) is 0 Å². The molecule has 0 aliphatic heterocycles. The molecule has 0 aliphatic carbocycles. The van der Waals surface area contributed by atoms with Crippen LogP contribution in [0.4, 0.5) is 0 Å². The minimum Gasteiger partial charge on any atom is -0.393 e. The summed E-state index contributed by atoms with van der Waals surface area (Å²) in [5.41, 5.74) is 0. The van der Waals surface area contributed by atoms with Crippen LogP contribution in [0.5, 0.6) is 0 Å². The van der Waals surface area contributed by atoms with Crippen molar-refractivity contribution in [2.75, 3.05) is 7.11 Å². The number of hydrogen-bond donors (Lipinski definition) is 12. The number of hydrogen-bond acceptors (Lipinski definition) is 18. The summed E-state index contributed by atoms with van der Waals surface area (Å²) in [6.45, 7) is 1.38. The Morgan fingerprint density at radius 3 is 0.711 bits per heavy atom. The van der Waals surface area contributed by atoms with Crippen molar-refractivity contribution < 1.29 is 89.7 Å². The first kappa shape index (κ1) is 37.3. The van der Waals surface area contributed by atoms with Crippen molar-refractivity contribution in [2.24, 2.45) is 0 Å². The first-order chi connectivity index (χ1) is 17.6. The molecule has 0 spiro atoms. The first-order valence-electron chi connectivity index (χ1n) is 11.6. The molecule has 0 fully saturated rings. The number of ether oxygens (including phenoxy) is 6. The van der Waals surface area contributed by atoms with Gasteiger partial charge in [-0.3, -0.25) is 0 Å². The van der Waals surface area contributed by atoms with Crippen LogP contribution < -0.4 is 0 Å². The average Bonchev–Trinajstić information content (AvgIpc) is 2.71. The van der Waals surface area contributed by atoms with E-state index in [0.717, 1.165) is 0 Å². The second kappa shape index (κ2) is 20.2. The summed E-state index contributed by atoms with van der Waals surface area (Å²) in [6.07, 6.45) is -23.3. The van der Waals surface area contributed by atoms with Gasteiger partial charge >= 0.3 is 0 Å². The van der Waals surface area contributed by atoms with Gasteiger partial charge in [-0.25, -0.2) is 0 Å². The standard InChI is InChI=1S/C20H42O18/c1-9(21)3-11(23)34-13(25)5-15(27)36-17(29)7-19(31)38-20(32)8-18(30)37-16(28)6-14(26)35-12(24)4-10(22)33-2/h9-32H,3-8H2,1-2H3. The Morgan fingerprint density at radius 1 is 0.342 bits per heavy atom. The molecule has 0 radical (unpaired) electrons. The van der Waals surface area contributed by atoms with E-state index in [1.807, 2.05) is 0 Å². The summed E-state index contributed by atoms with van der Waals surface area (Å²) in [6, 6.07) is 0. The predicted molar refractivity (Wildman–Crippen MR) is 118 cm³/mol. The fourth-order valence-corrected chi connectivity index (χ4v) is 2.71.